The Hall–Kier alpha value is -1.10. The van der Waals surface area contributed by atoms with Crippen molar-refractivity contribution in [3.63, 3.8) is 0 Å². The minimum atomic E-state index is -0.230. The predicted molar refractivity (Wildman–Crippen MR) is 57.5 cm³/mol. The summed E-state index contributed by atoms with van der Waals surface area (Å²) < 4.78 is 9.07. The standard InChI is InChI=1S/C10H19NO4.H2/c1-4-11(7-5-9(12)14-2)8-6-10(13)15-3;/h4-8H2,1-3H3;1H. The van der Waals surface area contributed by atoms with Crippen molar-refractivity contribution in [2.24, 2.45) is 0 Å². The number of esters is 2. The fourth-order valence-corrected chi connectivity index (χ4v) is 1.13. The van der Waals surface area contributed by atoms with Crippen molar-refractivity contribution in [3.8, 4) is 0 Å². The van der Waals surface area contributed by atoms with Gasteiger partial charge in [0.05, 0.1) is 27.1 Å². The van der Waals surface area contributed by atoms with Gasteiger partial charge >= 0.3 is 11.9 Å². The fraction of sp³-hybridized carbons (Fsp3) is 0.800. The summed E-state index contributed by atoms with van der Waals surface area (Å²) in [5, 5.41) is 0. The summed E-state index contributed by atoms with van der Waals surface area (Å²) in [5.41, 5.74) is 0. The lowest BCUT2D eigenvalue weighted by molar-refractivity contribution is -0.141. The molecule has 0 spiro atoms. The molecule has 0 bridgehead atoms. The van der Waals surface area contributed by atoms with Crippen LogP contribution in [0.2, 0.25) is 0 Å². The summed E-state index contributed by atoms with van der Waals surface area (Å²) in [6, 6.07) is 0. The van der Waals surface area contributed by atoms with Crippen LogP contribution in [0.15, 0.2) is 0 Å². The number of carbonyl (C=O) groups excluding carboxylic acids is 2. The van der Waals surface area contributed by atoms with Gasteiger partial charge in [-0.05, 0) is 6.54 Å². The maximum absolute atomic E-state index is 10.9. The molecule has 0 fully saturated rings. The zero-order chi connectivity index (χ0) is 11.7. The van der Waals surface area contributed by atoms with Crippen LogP contribution in [0.5, 0.6) is 0 Å². The van der Waals surface area contributed by atoms with Gasteiger partial charge in [-0.3, -0.25) is 9.59 Å². The molecule has 5 nitrogen and oxygen atoms in total. The number of hydrogen-bond acceptors (Lipinski definition) is 5. The molecular weight excluding hydrogens is 198 g/mol. The van der Waals surface area contributed by atoms with Gasteiger partial charge in [0, 0.05) is 14.5 Å². The van der Waals surface area contributed by atoms with Crippen LogP contribution in [0.25, 0.3) is 0 Å². The Bertz CT molecular complexity index is 191. The molecule has 0 radical (unpaired) electrons. The van der Waals surface area contributed by atoms with E-state index in [0.717, 1.165) is 6.54 Å². The first-order chi connectivity index (χ1) is 7.13. The largest absolute Gasteiger partial charge is 0.469 e. The normalized spacial score (nSPS) is 10.1. The molecule has 0 unspecified atom stereocenters. The second-order valence-corrected chi connectivity index (χ2v) is 3.09. The van der Waals surface area contributed by atoms with Gasteiger partial charge in [0.1, 0.15) is 0 Å². The Balaban J connectivity index is 0. The molecule has 0 aliphatic heterocycles. The van der Waals surface area contributed by atoms with Crippen molar-refractivity contribution in [3.05, 3.63) is 0 Å². The van der Waals surface area contributed by atoms with Gasteiger partial charge in [0.15, 0.2) is 0 Å². The van der Waals surface area contributed by atoms with E-state index in [2.05, 4.69) is 9.47 Å². The van der Waals surface area contributed by atoms with Gasteiger partial charge in [-0.1, -0.05) is 6.92 Å². The average Bonchev–Trinajstić information content (AvgIpc) is 2.28. The van der Waals surface area contributed by atoms with Crippen molar-refractivity contribution in [2.75, 3.05) is 33.9 Å². The van der Waals surface area contributed by atoms with Crippen molar-refractivity contribution >= 4 is 11.9 Å². The zero-order valence-corrected chi connectivity index (χ0v) is 9.62. The van der Waals surface area contributed by atoms with Crippen LogP contribution < -0.4 is 0 Å². The maximum Gasteiger partial charge on any atom is 0.306 e. The van der Waals surface area contributed by atoms with Gasteiger partial charge in [0.2, 0.25) is 0 Å². The van der Waals surface area contributed by atoms with E-state index >= 15 is 0 Å². The SMILES string of the molecule is CCN(CCC(=O)OC)CCC(=O)OC.[HH]. The highest BCUT2D eigenvalue weighted by atomic mass is 16.5. The van der Waals surface area contributed by atoms with Crippen LogP contribution >= 0.6 is 0 Å². The summed E-state index contributed by atoms with van der Waals surface area (Å²) in [6.07, 6.45) is 0.705. The molecule has 0 N–H and O–H groups in total. The second kappa shape index (κ2) is 8.23. The molecule has 0 aliphatic rings. The molecule has 0 heterocycles. The van der Waals surface area contributed by atoms with Gasteiger partial charge < -0.3 is 14.4 Å². The first kappa shape index (κ1) is 13.9. The Kier molecular flexibility index (Phi) is 7.62. The van der Waals surface area contributed by atoms with Crippen LogP contribution in [0.4, 0.5) is 0 Å². The van der Waals surface area contributed by atoms with Crippen LogP contribution in [0.1, 0.15) is 21.2 Å². The molecule has 0 amide bonds. The van der Waals surface area contributed by atoms with Crippen molar-refractivity contribution in [2.45, 2.75) is 19.8 Å². The number of hydrogen-bond donors (Lipinski definition) is 0. The number of carbonyl (C=O) groups is 2. The summed E-state index contributed by atoms with van der Waals surface area (Å²) >= 11 is 0. The van der Waals surface area contributed by atoms with E-state index in [1.165, 1.54) is 14.2 Å². The van der Waals surface area contributed by atoms with E-state index in [4.69, 9.17) is 0 Å². The molecule has 0 aromatic carbocycles. The molecular formula is C10H21NO4. The summed E-state index contributed by atoms with van der Waals surface area (Å²) in [5.74, 6) is -0.460. The molecule has 5 heteroatoms. The van der Waals surface area contributed by atoms with E-state index in [0.29, 0.717) is 25.9 Å². The minimum absolute atomic E-state index is 0. The summed E-state index contributed by atoms with van der Waals surface area (Å²) in [6.45, 7) is 4.00. The number of ether oxygens (including phenoxy) is 2. The quantitative estimate of drug-likeness (QED) is 0.589. The maximum atomic E-state index is 10.9. The molecule has 0 saturated heterocycles. The van der Waals surface area contributed by atoms with Crippen molar-refractivity contribution in [1.29, 1.82) is 0 Å². The topological polar surface area (TPSA) is 55.8 Å². The molecule has 15 heavy (non-hydrogen) atoms. The minimum Gasteiger partial charge on any atom is -0.469 e. The van der Waals surface area contributed by atoms with Crippen LogP contribution in [0, 0.1) is 0 Å². The third-order valence-electron chi connectivity index (χ3n) is 2.17. The van der Waals surface area contributed by atoms with Gasteiger partial charge in [-0.25, -0.2) is 0 Å². The van der Waals surface area contributed by atoms with E-state index in [1.807, 2.05) is 11.8 Å². The lowest BCUT2D eigenvalue weighted by Gasteiger charge is -2.18. The van der Waals surface area contributed by atoms with E-state index < -0.39 is 0 Å². The summed E-state index contributed by atoms with van der Waals surface area (Å²) in [7, 11) is 2.74. The molecule has 0 rings (SSSR count). The Morgan fingerprint density at radius 2 is 1.47 bits per heavy atom. The zero-order valence-electron chi connectivity index (χ0n) is 9.62. The monoisotopic (exact) mass is 219 g/mol. The lowest BCUT2D eigenvalue weighted by Crippen LogP contribution is -2.29. The molecule has 0 aromatic rings. The molecule has 0 aliphatic carbocycles. The molecule has 0 aromatic heterocycles. The predicted octanol–water partition coefficient (Wildman–Crippen LogP) is 0.680. The van der Waals surface area contributed by atoms with E-state index in [1.54, 1.807) is 0 Å². The molecule has 90 valence electrons. The van der Waals surface area contributed by atoms with Crippen molar-refractivity contribution in [1.82, 2.24) is 4.90 Å². The van der Waals surface area contributed by atoms with E-state index in [-0.39, 0.29) is 13.4 Å². The third-order valence-corrected chi connectivity index (χ3v) is 2.17. The first-order valence-corrected chi connectivity index (χ1v) is 5.00. The number of methoxy groups -OCH3 is 2. The first-order valence-electron chi connectivity index (χ1n) is 5.00. The Morgan fingerprint density at radius 3 is 1.73 bits per heavy atom. The number of rotatable bonds is 7. The Morgan fingerprint density at radius 1 is 1.07 bits per heavy atom. The van der Waals surface area contributed by atoms with Crippen LogP contribution in [0.3, 0.4) is 0 Å². The van der Waals surface area contributed by atoms with Gasteiger partial charge in [-0.15, -0.1) is 0 Å². The average molecular weight is 219 g/mol. The highest BCUT2D eigenvalue weighted by molar-refractivity contribution is 5.70. The highest BCUT2D eigenvalue weighted by Gasteiger charge is 2.08. The molecule has 0 saturated carbocycles. The van der Waals surface area contributed by atoms with Gasteiger partial charge in [-0.2, -0.15) is 0 Å². The highest BCUT2D eigenvalue weighted by Crippen LogP contribution is 1.96. The molecule has 0 atom stereocenters. The van der Waals surface area contributed by atoms with Crippen LogP contribution in [-0.4, -0.2) is 50.7 Å². The van der Waals surface area contributed by atoms with E-state index in [9.17, 15) is 9.59 Å². The second-order valence-electron chi connectivity index (χ2n) is 3.09. The number of nitrogens with zero attached hydrogens (tertiary/aromatic N) is 1. The Labute approximate surface area is 91.8 Å². The van der Waals surface area contributed by atoms with Crippen molar-refractivity contribution < 1.29 is 20.5 Å². The lowest BCUT2D eigenvalue weighted by atomic mass is 10.3. The van der Waals surface area contributed by atoms with Crippen LogP contribution in [-0.2, 0) is 19.1 Å². The fourth-order valence-electron chi connectivity index (χ4n) is 1.13. The third kappa shape index (κ3) is 6.90. The smallest absolute Gasteiger partial charge is 0.306 e. The van der Waals surface area contributed by atoms with Gasteiger partial charge in [0.25, 0.3) is 0 Å². The summed E-state index contributed by atoms with van der Waals surface area (Å²) in [4.78, 5) is 23.8.